The minimum absolute atomic E-state index is 0.00100. The SMILES string of the molecule is Cc1cc(Oc2cccc(F)c2)c(CNC(C)(C)C)cn1. The third-order valence-corrected chi connectivity index (χ3v) is 2.91. The number of pyridine rings is 1. The second kappa shape index (κ2) is 6.22. The molecule has 0 saturated heterocycles. The maximum Gasteiger partial charge on any atom is 0.135 e. The highest BCUT2D eigenvalue weighted by atomic mass is 19.1. The van der Waals surface area contributed by atoms with E-state index < -0.39 is 0 Å². The average molecular weight is 288 g/mol. The molecular weight excluding hydrogens is 267 g/mol. The monoisotopic (exact) mass is 288 g/mol. The number of halogens is 1. The summed E-state index contributed by atoms with van der Waals surface area (Å²) >= 11 is 0. The Bertz CT molecular complexity index is 620. The summed E-state index contributed by atoms with van der Waals surface area (Å²) in [5.41, 5.74) is 1.81. The van der Waals surface area contributed by atoms with Crippen molar-refractivity contribution in [2.24, 2.45) is 0 Å². The lowest BCUT2D eigenvalue weighted by atomic mass is 10.1. The normalized spacial score (nSPS) is 11.5. The van der Waals surface area contributed by atoms with Crippen LogP contribution < -0.4 is 10.1 Å². The lowest BCUT2D eigenvalue weighted by molar-refractivity contribution is 0.413. The van der Waals surface area contributed by atoms with Crippen molar-refractivity contribution in [2.75, 3.05) is 0 Å². The van der Waals surface area contributed by atoms with Gasteiger partial charge in [-0.15, -0.1) is 0 Å². The Morgan fingerprint density at radius 3 is 2.67 bits per heavy atom. The fourth-order valence-electron chi connectivity index (χ4n) is 1.81. The number of ether oxygens (including phenoxy) is 1. The molecule has 0 radical (unpaired) electrons. The van der Waals surface area contributed by atoms with Gasteiger partial charge in [0.25, 0.3) is 0 Å². The Balaban J connectivity index is 2.23. The van der Waals surface area contributed by atoms with E-state index in [1.54, 1.807) is 18.3 Å². The van der Waals surface area contributed by atoms with Crippen molar-refractivity contribution in [1.29, 1.82) is 0 Å². The van der Waals surface area contributed by atoms with Gasteiger partial charge in [0.05, 0.1) is 0 Å². The number of hydrogen-bond donors (Lipinski definition) is 1. The Kier molecular flexibility index (Phi) is 4.58. The first-order valence-electron chi connectivity index (χ1n) is 6.97. The van der Waals surface area contributed by atoms with Gasteiger partial charge < -0.3 is 10.1 Å². The van der Waals surface area contributed by atoms with Crippen molar-refractivity contribution < 1.29 is 9.13 Å². The molecule has 1 aromatic heterocycles. The first-order chi connectivity index (χ1) is 9.83. The molecule has 112 valence electrons. The summed E-state index contributed by atoms with van der Waals surface area (Å²) in [6, 6.07) is 8.00. The van der Waals surface area contributed by atoms with E-state index in [2.05, 4.69) is 31.1 Å². The largest absolute Gasteiger partial charge is 0.457 e. The maximum atomic E-state index is 13.2. The van der Waals surface area contributed by atoms with Gasteiger partial charge >= 0.3 is 0 Å². The summed E-state index contributed by atoms with van der Waals surface area (Å²) in [6.45, 7) is 8.84. The van der Waals surface area contributed by atoms with E-state index in [1.165, 1.54) is 12.1 Å². The molecule has 0 aliphatic rings. The highest BCUT2D eigenvalue weighted by molar-refractivity contribution is 5.37. The number of aromatic nitrogens is 1. The van der Waals surface area contributed by atoms with E-state index in [0.717, 1.165) is 11.3 Å². The Hall–Kier alpha value is -1.94. The molecule has 2 rings (SSSR count). The Morgan fingerprint density at radius 1 is 1.24 bits per heavy atom. The van der Waals surface area contributed by atoms with Gasteiger partial charge in [-0.3, -0.25) is 4.98 Å². The summed E-state index contributed by atoms with van der Waals surface area (Å²) < 4.78 is 19.1. The predicted molar refractivity (Wildman–Crippen MR) is 82.0 cm³/mol. The predicted octanol–water partition coefficient (Wildman–Crippen LogP) is 4.21. The van der Waals surface area contributed by atoms with Crippen LogP contribution in [0.25, 0.3) is 0 Å². The van der Waals surface area contributed by atoms with Crippen molar-refractivity contribution in [2.45, 2.75) is 39.8 Å². The van der Waals surface area contributed by atoms with Gasteiger partial charge in [-0.2, -0.15) is 0 Å². The molecule has 0 bridgehead atoms. The maximum absolute atomic E-state index is 13.2. The molecule has 1 N–H and O–H groups in total. The van der Waals surface area contributed by atoms with Crippen molar-refractivity contribution >= 4 is 0 Å². The molecule has 1 heterocycles. The molecule has 3 nitrogen and oxygen atoms in total. The zero-order chi connectivity index (χ0) is 15.5. The molecule has 0 saturated carbocycles. The van der Waals surface area contributed by atoms with Gasteiger partial charge in [-0.25, -0.2) is 4.39 Å². The van der Waals surface area contributed by atoms with E-state index in [-0.39, 0.29) is 11.4 Å². The second-order valence-corrected chi connectivity index (χ2v) is 6.10. The van der Waals surface area contributed by atoms with Gasteiger partial charge in [0.2, 0.25) is 0 Å². The molecule has 0 spiro atoms. The van der Waals surface area contributed by atoms with Crippen LogP contribution in [0.5, 0.6) is 11.5 Å². The zero-order valence-electron chi connectivity index (χ0n) is 12.9. The third kappa shape index (κ3) is 4.83. The van der Waals surface area contributed by atoms with Crippen LogP contribution in [0.2, 0.25) is 0 Å². The van der Waals surface area contributed by atoms with E-state index in [0.29, 0.717) is 18.0 Å². The van der Waals surface area contributed by atoms with Crippen LogP contribution in [0, 0.1) is 12.7 Å². The lowest BCUT2D eigenvalue weighted by Crippen LogP contribution is -2.35. The van der Waals surface area contributed by atoms with Gasteiger partial charge in [0.1, 0.15) is 17.3 Å². The standard InChI is InChI=1S/C17H21FN2O/c1-12-8-16(21-15-7-5-6-14(18)9-15)13(10-19-12)11-20-17(2,3)4/h5-10,20H,11H2,1-4H3. The minimum atomic E-state index is -0.312. The zero-order valence-corrected chi connectivity index (χ0v) is 12.9. The molecule has 0 aliphatic heterocycles. The van der Waals surface area contributed by atoms with Crippen LogP contribution in [-0.2, 0) is 6.54 Å². The van der Waals surface area contributed by atoms with Crippen LogP contribution in [0.1, 0.15) is 32.0 Å². The van der Waals surface area contributed by atoms with Crippen LogP contribution in [0.4, 0.5) is 4.39 Å². The molecular formula is C17H21FN2O. The molecule has 21 heavy (non-hydrogen) atoms. The number of hydrogen-bond acceptors (Lipinski definition) is 3. The summed E-state index contributed by atoms with van der Waals surface area (Å²) in [7, 11) is 0. The molecule has 0 unspecified atom stereocenters. The van der Waals surface area contributed by atoms with E-state index in [4.69, 9.17) is 4.74 Å². The third-order valence-electron chi connectivity index (χ3n) is 2.91. The molecule has 1 aromatic carbocycles. The van der Waals surface area contributed by atoms with Crippen molar-refractivity contribution in [3.8, 4) is 11.5 Å². The van der Waals surface area contributed by atoms with Crippen LogP contribution in [-0.4, -0.2) is 10.5 Å². The first-order valence-corrected chi connectivity index (χ1v) is 6.97. The van der Waals surface area contributed by atoms with E-state index in [1.807, 2.05) is 13.0 Å². The highest BCUT2D eigenvalue weighted by Gasteiger charge is 2.12. The molecule has 0 aliphatic carbocycles. The second-order valence-electron chi connectivity index (χ2n) is 6.10. The van der Waals surface area contributed by atoms with E-state index >= 15 is 0 Å². The Morgan fingerprint density at radius 2 is 2.00 bits per heavy atom. The minimum Gasteiger partial charge on any atom is -0.457 e. The summed E-state index contributed by atoms with van der Waals surface area (Å²) in [5.74, 6) is 0.870. The quantitative estimate of drug-likeness (QED) is 0.915. The molecule has 0 fully saturated rings. The smallest absolute Gasteiger partial charge is 0.135 e. The Labute approximate surface area is 125 Å². The highest BCUT2D eigenvalue weighted by Crippen LogP contribution is 2.26. The topological polar surface area (TPSA) is 34.1 Å². The summed E-state index contributed by atoms with van der Waals surface area (Å²) in [5, 5.41) is 3.40. The van der Waals surface area contributed by atoms with Gasteiger partial charge in [-0.05, 0) is 39.8 Å². The summed E-state index contributed by atoms with van der Waals surface area (Å²) in [6.07, 6.45) is 1.79. The number of benzene rings is 1. The number of nitrogens with one attached hydrogen (secondary N) is 1. The summed E-state index contributed by atoms with van der Waals surface area (Å²) in [4.78, 5) is 4.31. The number of rotatable bonds is 4. The molecule has 4 heteroatoms. The van der Waals surface area contributed by atoms with E-state index in [9.17, 15) is 4.39 Å². The van der Waals surface area contributed by atoms with Crippen LogP contribution >= 0.6 is 0 Å². The molecule has 0 atom stereocenters. The number of nitrogens with zero attached hydrogens (tertiary/aromatic N) is 1. The molecule has 2 aromatic rings. The lowest BCUT2D eigenvalue weighted by Gasteiger charge is -2.21. The van der Waals surface area contributed by atoms with Crippen LogP contribution in [0.3, 0.4) is 0 Å². The van der Waals surface area contributed by atoms with Crippen molar-refractivity contribution in [3.05, 3.63) is 53.6 Å². The van der Waals surface area contributed by atoms with Crippen molar-refractivity contribution in [3.63, 3.8) is 0 Å². The van der Waals surface area contributed by atoms with Crippen LogP contribution in [0.15, 0.2) is 36.5 Å². The van der Waals surface area contributed by atoms with Gasteiger partial charge in [0.15, 0.2) is 0 Å². The molecule has 0 amide bonds. The van der Waals surface area contributed by atoms with Crippen molar-refractivity contribution in [1.82, 2.24) is 10.3 Å². The average Bonchev–Trinajstić information content (AvgIpc) is 2.36. The van der Waals surface area contributed by atoms with Gasteiger partial charge in [-0.1, -0.05) is 6.07 Å². The first kappa shape index (κ1) is 15.4. The number of aryl methyl sites for hydroxylation is 1. The fraction of sp³-hybridized carbons (Fsp3) is 0.353. The van der Waals surface area contributed by atoms with Gasteiger partial charge in [0, 0.05) is 41.7 Å². The fourth-order valence-corrected chi connectivity index (χ4v) is 1.81.